The van der Waals surface area contributed by atoms with Gasteiger partial charge in [0.15, 0.2) is 0 Å². The number of hydrogen-bond acceptors (Lipinski definition) is 8. The van der Waals surface area contributed by atoms with Crippen molar-refractivity contribution < 1.29 is 9.53 Å². The normalized spacial score (nSPS) is 10.9. The average molecular weight is 407 g/mol. The maximum absolute atomic E-state index is 12.5. The number of nitrogens with one attached hydrogen (secondary N) is 1. The summed E-state index contributed by atoms with van der Waals surface area (Å²) < 4.78 is 5.70. The summed E-state index contributed by atoms with van der Waals surface area (Å²) in [7, 11) is 0. The van der Waals surface area contributed by atoms with Crippen molar-refractivity contribution in [3.05, 3.63) is 45.6 Å². The van der Waals surface area contributed by atoms with E-state index in [4.69, 9.17) is 4.74 Å². The molecule has 3 heterocycles. The summed E-state index contributed by atoms with van der Waals surface area (Å²) in [6, 6.07) is 5.55. The van der Waals surface area contributed by atoms with Crippen molar-refractivity contribution in [3.8, 4) is 5.88 Å². The first kappa shape index (κ1) is 18.8. The maximum atomic E-state index is 12.5. The molecule has 3 rings (SSSR count). The van der Waals surface area contributed by atoms with E-state index in [9.17, 15) is 4.79 Å². The number of nitrogens with zero attached hydrogens (tertiary/aromatic N) is 3. The average Bonchev–Trinajstić information content (AvgIpc) is 3.28. The van der Waals surface area contributed by atoms with Crippen LogP contribution in [-0.2, 0) is 6.42 Å². The highest BCUT2D eigenvalue weighted by Crippen LogP contribution is 2.24. The summed E-state index contributed by atoms with van der Waals surface area (Å²) in [5, 5.41) is 15.7. The molecule has 3 aromatic rings. The molecule has 1 amide bonds. The molecule has 0 saturated heterocycles. The van der Waals surface area contributed by atoms with Gasteiger partial charge in [-0.25, -0.2) is 4.98 Å². The van der Waals surface area contributed by atoms with Crippen molar-refractivity contribution in [1.82, 2.24) is 15.2 Å². The fraction of sp³-hybridized carbons (Fsp3) is 0.294. The lowest BCUT2D eigenvalue weighted by Gasteiger charge is -2.12. The molecule has 136 valence electrons. The fourth-order valence-electron chi connectivity index (χ4n) is 2.09. The van der Waals surface area contributed by atoms with Gasteiger partial charge in [-0.2, -0.15) is 11.3 Å². The number of aryl methyl sites for hydroxylation is 1. The molecular formula is C17H18N4O2S3. The second-order valence-electron chi connectivity index (χ2n) is 5.63. The van der Waals surface area contributed by atoms with Crippen LogP contribution in [0.3, 0.4) is 0 Å². The van der Waals surface area contributed by atoms with Gasteiger partial charge in [-0.3, -0.25) is 10.1 Å². The molecule has 6 nitrogen and oxygen atoms in total. The number of carbonyl (C=O) groups is 1. The van der Waals surface area contributed by atoms with Crippen LogP contribution in [-0.4, -0.2) is 32.9 Å². The number of ether oxygens (including phenoxy) is 1. The van der Waals surface area contributed by atoms with E-state index < -0.39 is 0 Å². The van der Waals surface area contributed by atoms with Crippen LogP contribution < -0.4 is 10.1 Å². The molecule has 0 atom stereocenters. The highest BCUT2D eigenvalue weighted by molar-refractivity contribution is 7.99. The van der Waals surface area contributed by atoms with E-state index in [1.54, 1.807) is 40.7 Å². The third-order valence-electron chi connectivity index (χ3n) is 3.20. The van der Waals surface area contributed by atoms with Gasteiger partial charge in [-0.15, -0.1) is 22.0 Å². The second-order valence-corrected chi connectivity index (χ2v) is 8.36. The van der Waals surface area contributed by atoms with E-state index >= 15 is 0 Å². The van der Waals surface area contributed by atoms with Crippen molar-refractivity contribution in [2.24, 2.45) is 0 Å². The first-order chi connectivity index (χ1) is 12.6. The molecular weight excluding hydrogens is 388 g/mol. The topological polar surface area (TPSA) is 77.0 Å². The molecule has 26 heavy (non-hydrogen) atoms. The molecule has 0 unspecified atom stereocenters. The molecule has 0 aliphatic carbocycles. The lowest BCUT2D eigenvalue weighted by atomic mass is 10.2. The lowest BCUT2D eigenvalue weighted by molar-refractivity contribution is 0.102. The molecule has 0 radical (unpaired) electrons. The van der Waals surface area contributed by atoms with Gasteiger partial charge in [0.2, 0.25) is 11.0 Å². The Hall–Kier alpha value is -1.97. The standard InChI is InChI=1S/C17H18N4O2S3/c1-11(2)23-14-7-13(16(22)20-17-21-18-10-26-17)8-15(19-14)25-6-4-12-3-5-24-9-12/h3,5,7-11H,4,6H2,1-2H3,(H,20,21,22). The Bertz CT molecular complexity index is 836. The molecule has 0 aliphatic heterocycles. The highest BCUT2D eigenvalue weighted by atomic mass is 32.2. The minimum atomic E-state index is -0.252. The summed E-state index contributed by atoms with van der Waals surface area (Å²) >= 11 is 4.57. The van der Waals surface area contributed by atoms with E-state index in [-0.39, 0.29) is 12.0 Å². The van der Waals surface area contributed by atoms with E-state index in [1.165, 1.54) is 16.9 Å². The Labute approximate surface area is 164 Å². The van der Waals surface area contributed by atoms with Crippen molar-refractivity contribution >= 4 is 45.5 Å². The zero-order valence-electron chi connectivity index (χ0n) is 14.3. The number of thioether (sulfide) groups is 1. The molecule has 9 heteroatoms. The summed E-state index contributed by atoms with van der Waals surface area (Å²) in [6.45, 7) is 3.86. The third kappa shape index (κ3) is 5.52. The van der Waals surface area contributed by atoms with Gasteiger partial charge in [-0.1, -0.05) is 11.3 Å². The van der Waals surface area contributed by atoms with Crippen LogP contribution in [0.25, 0.3) is 0 Å². The number of carbonyl (C=O) groups excluding carboxylic acids is 1. The second kappa shape index (κ2) is 9.11. The molecule has 0 spiro atoms. The van der Waals surface area contributed by atoms with Crippen LogP contribution >= 0.6 is 34.4 Å². The summed E-state index contributed by atoms with van der Waals surface area (Å²) in [5.74, 6) is 1.08. The molecule has 0 fully saturated rings. The van der Waals surface area contributed by atoms with Crippen molar-refractivity contribution in [1.29, 1.82) is 0 Å². The molecule has 0 saturated carbocycles. The van der Waals surface area contributed by atoms with Gasteiger partial charge in [0, 0.05) is 17.4 Å². The number of aromatic nitrogens is 3. The first-order valence-electron chi connectivity index (χ1n) is 8.00. The minimum Gasteiger partial charge on any atom is -0.475 e. The van der Waals surface area contributed by atoms with Gasteiger partial charge in [0.25, 0.3) is 5.91 Å². The number of amides is 1. The van der Waals surface area contributed by atoms with Gasteiger partial charge in [0.1, 0.15) is 10.5 Å². The Balaban J connectivity index is 1.73. The number of thiophene rings is 1. The first-order valence-corrected chi connectivity index (χ1v) is 10.8. The number of hydrogen-bond donors (Lipinski definition) is 1. The SMILES string of the molecule is CC(C)Oc1cc(C(=O)Nc2nncs2)cc(SCCc2ccsc2)n1. The zero-order valence-corrected chi connectivity index (χ0v) is 16.8. The van der Waals surface area contributed by atoms with Crippen LogP contribution in [0.2, 0.25) is 0 Å². The predicted octanol–water partition coefficient (Wildman–Crippen LogP) is 4.37. The Kier molecular flexibility index (Phi) is 6.59. The van der Waals surface area contributed by atoms with Gasteiger partial charge >= 0.3 is 0 Å². The number of anilines is 1. The number of rotatable bonds is 8. The quantitative estimate of drug-likeness (QED) is 0.560. The van der Waals surface area contributed by atoms with Crippen LogP contribution in [0.15, 0.2) is 39.5 Å². The van der Waals surface area contributed by atoms with Crippen LogP contribution in [0, 0.1) is 0 Å². The van der Waals surface area contributed by atoms with Crippen molar-refractivity contribution in [2.75, 3.05) is 11.1 Å². The third-order valence-corrected chi connectivity index (χ3v) is 5.45. The smallest absolute Gasteiger partial charge is 0.257 e. The Morgan fingerprint density at radius 2 is 2.27 bits per heavy atom. The maximum Gasteiger partial charge on any atom is 0.257 e. The Morgan fingerprint density at radius 1 is 1.38 bits per heavy atom. The van der Waals surface area contributed by atoms with Gasteiger partial charge < -0.3 is 4.74 Å². The summed E-state index contributed by atoms with van der Waals surface area (Å²) in [4.78, 5) is 17.0. The Morgan fingerprint density at radius 3 is 2.96 bits per heavy atom. The molecule has 0 aromatic carbocycles. The van der Waals surface area contributed by atoms with E-state index in [1.807, 2.05) is 13.8 Å². The molecule has 3 aromatic heterocycles. The fourth-order valence-corrected chi connectivity index (χ4v) is 4.15. The van der Waals surface area contributed by atoms with Crippen LogP contribution in [0.4, 0.5) is 5.13 Å². The highest BCUT2D eigenvalue weighted by Gasteiger charge is 2.13. The largest absolute Gasteiger partial charge is 0.475 e. The van der Waals surface area contributed by atoms with E-state index in [2.05, 4.69) is 37.3 Å². The monoisotopic (exact) mass is 406 g/mol. The van der Waals surface area contributed by atoms with E-state index in [0.717, 1.165) is 17.2 Å². The van der Waals surface area contributed by atoms with Crippen LogP contribution in [0.1, 0.15) is 29.8 Å². The number of pyridine rings is 1. The minimum absolute atomic E-state index is 0.0207. The lowest BCUT2D eigenvalue weighted by Crippen LogP contribution is -2.14. The molecule has 0 bridgehead atoms. The molecule has 0 aliphatic rings. The van der Waals surface area contributed by atoms with Gasteiger partial charge in [0.05, 0.1) is 6.10 Å². The zero-order chi connectivity index (χ0) is 18.4. The predicted molar refractivity (Wildman–Crippen MR) is 107 cm³/mol. The van der Waals surface area contributed by atoms with Gasteiger partial charge in [-0.05, 0) is 48.7 Å². The summed E-state index contributed by atoms with van der Waals surface area (Å²) in [5.41, 5.74) is 3.37. The van der Waals surface area contributed by atoms with Crippen LogP contribution in [0.5, 0.6) is 5.88 Å². The summed E-state index contributed by atoms with van der Waals surface area (Å²) in [6.07, 6.45) is 0.935. The molecule has 1 N–H and O–H groups in total. The van der Waals surface area contributed by atoms with Crippen molar-refractivity contribution in [2.45, 2.75) is 31.4 Å². The van der Waals surface area contributed by atoms with E-state index in [0.29, 0.717) is 16.6 Å². The van der Waals surface area contributed by atoms with Crippen molar-refractivity contribution in [3.63, 3.8) is 0 Å².